The second-order valence-corrected chi connectivity index (χ2v) is 7.43. The highest BCUT2D eigenvalue weighted by atomic mass is 16.5. The van der Waals surface area contributed by atoms with Crippen LogP contribution in [0.25, 0.3) is 17.7 Å². The van der Waals surface area contributed by atoms with E-state index in [9.17, 15) is 0 Å². The van der Waals surface area contributed by atoms with Gasteiger partial charge in [-0.1, -0.05) is 97.6 Å². The van der Waals surface area contributed by atoms with Crippen molar-refractivity contribution >= 4 is 17.7 Å². The molecule has 2 heterocycles. The molecule has 0 radical (unpaired) electrons. The van der Waals surface area contributed by atoms with Gasteiger partial charge in [-0.15, -0.1) is 0 Å². The van der Waals surface area contributed by atoms with Crippen LogP contribution < -0.4 is 5.32 Å². The first-order valence-corrected chi connectivity index (χ1v) is 10.8. The Kier molecular flexibility index (Phi) is 7.18. The second kappa shape index (κ2) is 10.8. The quantitative estimate of drug-likeness (QED) is 0.569. The molecule has 0 saturated carbocycles. The summed E-state index contributed by atoms with van der Waals surface area (Å²) in [5.74, 6) is 0.873. The van der Waals surface area contributed by atoms with Crippen molar-refractivity contribution in [2.45, 2.75) is 6.42 Å². The van der Waals surface area contributed by atoms with Crippen LogP contribution in [0.1, 0.15) is 23.1 Å². The summed E-state index contributed by atoms with van der Waals surface area (Å²) < 4.78 is 6.08. The lowest BCUT2D eigenvalue weighted by molar-refractivity contribution is 0.258. The minimum absolute atomic E-state index is 0.539. The highest BCUT2D eigenvalue weighted by molar-refractivity contribution is 5.84. The van der Waals surface area contributed by atoms with E-state index in [-0.39, 0.29) is 0 Å². The van der Waals surface area contributed by atoms with Crippen LogP contribution >= 0.6 is 0 Å². The van der Waals surface area contributed by atoms with Crippen molar-refractivity contribution in [2.75, 3.05) is 6.61 Å². The number of rotatable bonds is 3. The van der Waals surface area contributed by atoms with Gasteiger partial charge in [-0.2, -0.15) is 0 Å². The van der Waals surface area contributed by atoms with Crippen LogP contribution in [0.5, 0.6) is 0 Å². The van der Waals surface area contributed by atoms with Gasteiger partial charge < -0.3 is 10.1 Å². The van der Waals surface area contributed by atoms with Crippen molar-refractivity contribution < 1.29 is 4.74 Å². The molecule has 2 heteroatoms. The van der Waals surface area contributed by atoms with Crippen molar-refractivity contribution in [1.82, 2.24) is 5.32 Å². The lowest BCUT2D eigenvalue weighted by Crippen LogP contribution is -2.06. The molecule has 4 rings (SSSR count). The van der Waals surface area contributed by atoms with E-state index in [2.05, 4.69) is 90.8 Å². The maximum atomic E-state index is 6.08. The molecule has 2 aromatic carbocycles. The molecule has 2 aliphatic heterocycles. The summed E-state index contributed by atoms with van der Waals surface area (Å²) in [6.45, 7) is 4.65. The van der Waals surface area contributed by atoms with Crippen LogP contribution in [0.4, 0.5) is 0 Å². The van der Waals surface area contributed by atoms with Gasteiger partial charge in [0.25, 0.3) is 0 Å². The molecule has 32 heavy (non-hydrogen) atoms. The Morgan fingerprint density at radius 2 is 1.66 bits per heavy atom. The SMILES string of the molecule is C=C/C1=C(\C=C/c2ccccc2)N/C=C/C2=C(\C=C/c3ccccc31)OC/C=C\C=C/C2. The molecule has 0 aromatic heterocycles. The third kappa shape index (κ3) is 5.35. The molecule has 2 aromatic rings. The zero-order chi connectivity index (χ0) is 22.0. The smallest absolute Gasteiger partial charge is 0.123 e. The third-order valence-corrected chi connectivity index (χ3v) is 5.30. The van der Waals surface area contributed by atoms with E-state index >= 15 is 0 Å². The number of ether oxygens (including phenoxy) is 1. The molecule has 2 nitrogen and oxygen atoms in total. The average Bonchev–Trinajstić information content (AvgIpc) is 2.93. The van der Waals surface area contributed by atoms with Gasteiger partial charge >= 0.3 is 0 Å². The first-order chi connectivity index (χ1) is 15.8. The molecule has 0 spiro atoms. The van der Waals surface area contributed by atoms with E-state index in [0.717, 1.165) is 45.7 Å². The van der Waals surface area contributed by atoms with Crippen LogP contribution in [-0.4, -0.2) is 6.61 Å². The van der Waals surface area contributed by atoms with Crippen LogP contribution in [0.3, 0.4) is 0 Å². The van der Waals surface area contributed by atoms with Crippen molar-refractivity contribution in [3.63, 3.8) is 0 Å². The predicted octanol–water partition coefficient (Wildman–Crippen LogP) is 7.21. The van der Waals surface area contributed by atoms with Gasteiger partial charge in [0.2, 0.25) is 0 Å². The van der Waals surface area contributed by atoms with Gasteiger partial charge in [0, 0.05) is 17.5 Å². The summed E-state index contributed by atoms with van der Waals surface area (Å²) >= 11 is 0. The van der Waals surface area contributed by atoms with E-state index in [1.807, 2.05) is 42.6 Å². The Bertz CT molecular complexity index is 1170. The fourth-order valence-electron chi connectivity index (χ4n) is 3.65. The second-order valence-electron chi connectivity index (χ2n) is 7.43. The maximum Gasteiger partial charge on any atom is 0.123 e. The summed E-state index contributed by atoms with van der Waals surface area (Å²) in [7, 11) is 0. The third-order valence-electron chi connectivity index (χ3n) is 5.30. The Morgan fingerprint density at radius 3 is 2.53 bits per heavy atom. The fraction of sp³-hybridized carbons (Fsp3) is 0.0667. The summed E-state index contributed by atoms with van der Waals surface area (Å²) in [6.07, 6.45) is 23.4. The van der Waals surface area contributed by atoms with Crippen LogP contribution in [-0.2, 0) is 4.74 Å². The molecule has 1 N–H and O–H groups in total. The topological polar surface area (TPSA) is 21.3 Å². The molecule has 158 valence electrons. The normalized spacial score (nSPS) is 24.8. The van der Waals surface area contributed by atoms with Gasteiger partial charge in [0.1, 0.15) is 12.4 Å². The number of hydrogen-bond acceptors (Lipinski definition) is 2. The van der Waals surface area contributed by atoms with Crippen LogP contribution in [0, 0.1) is 0 Å². The highest BCUT2D eigenvalue weighted by Gasteiger charge is 2.10. The maximum absolute atomic E-state index is 6.08. The molecule has 0 aliphatic carbocycles. The number of hydrogen-bond donors (Lipinski definition) is 1. The number of allylic oxidation sites excluding steroid dienone is 9. The highest BCUT2D eigenvalue weighted by Crippen LogP contribution is 2.27. The van der Waals surface area contributed by atoms with Crippen LogP contribution in [0.2, 0.25) is 0 Å². The van der Waals surface area contributed by atoms with Crippen molar-refractivity contribution in [3.8, 4) is 0 Å². The molecule has 0 fully saturated rings. The summed E-state index contributed by atoms with van der Waals surface area (Å²) in [6, 6.07) is 18.7. The first kappa shape index (κ1) is 21.2. The molecule has 2 aliphatic rings. The van der Waals surface area contributed by atoms with E-state index in [4.69, 9.17) is 4.74 Å². The summed E-state index contributed by atoms with van der Waals surface area (Å²) in [4.78, 5) is 0. The zero-order valence-corrected chi connectivity index (χ0v) is 18.1. The lowest BCUT2D eigenvalue weighted by atomic mass is 9.97. The van der Waals surface area contributed by atoms with E-state index in [0.29, 0.717) is 6.61 Å². The zero-order valence-electron chi connectivity index (χ0n) is 18.1. The minimum Gasteiger partial charge on any atom is -0.489 e. The van der Waals surface area contributed by atoms with Gasteiger partial charge in [-0.05, 0) is 53.0 Å². The minimum atomic E-state index is 0.539. The predicted molar refractivity (Wildman–Crippen MR) is 136 cm³/mol. The molecule has 0 atom stereocenters. The Hall–Kier alpha value is -4.04. The number of nitrogens with one attached hydrogen (secondary N) is 1. The van der Waals surface area contributed by atoms with Gasteiger partial charge in [0.05, 0.1) is 0 Å². The molecule has 0 saturated heterocycles. The average molecular weight is 418 g/mol. The molecule has 0 amide bonds. The Balaban J connectivity index is 1.82. The van der Waals surface area contributed by atoms with Crippen LogP contribution in [0.15, 0.2) is 133 Å². The standard InChI is InChI=1S/C30H27NO/c1-2-27-28-16-10-9-14-25(28)18-20-30-26(15-8-3-4-11-23-32-30)21-22-31-29(27)19-17-24-12-6-5-7-13-24/h2-14,16-22,31H,1,15,23H2/b8-3-,11-4-,19-17-,20-18-,22-21+,29-27-,30-26+. The summed E-state index contributed by atoms with van der Waals surface area (Å²) in [5.41, 5.74) is 6.49. The molecular formula is C30H27NO. The van der Waals surface area contributed by atoms with Gasteiger partial charge in [-0.25, -0.2) is 0 Å². The van der Waals surface area contributed by atoms with E-state index < -0.39 is 0 Å². The van der Waals surface area contributed by atoms with E-state index in [1.54, 1.807) is 0 Å². The number of benzene rings is 2. The molecule has 0 unspecified atom stereocenters. The summed E-state index contributed by atoms with van der Waals surface area (Å²) in [5, 5.41) is 3.50. The van der Waals surface area contributed by atoms with Gasteiger partial charge in [-0.3, -0.25) is 0 Å². The number of fused-ring (bicyclic) bond motifs is 1. The Morgan fingerprint density at radius 1 is 0.844 bits per heavy atom. The first-order valence-electron chi connectivity index (χ1n) is 10.8. The monoisotopic (exact) mass is 417 g/mol. The fourth-order valence-corrected chi connectivity index (χ4v) is 3.65. The van der Waals surface area contributed by atoms with E-state index in [1.165, 1.54) is 0 Å². The lowest BCUT2D eigenvalue weighted by Gasteiger charge is -2.12. The Labute approximate surface area is 190 Å². The van der Waals surface area contributed by atoms with Crippen molar-refractivity contribution in [3.05, 3.63) is 150 Å². The largest absolute Gasteiger partial charge is 0.489 e. The van der Waals surface area contributed by atoms with Crippen molar-refractivity contribution in [2.24, 2.45) is 0 Å². The van der Waals surface area contributed by atoms with Gasteiger partial charge in [0.15, 0.2) is 0 Å². The molecular weight excluding hydrogens is 390 g/mol. The van der Waals surface area contributed by atoms with Crippen molar-refractivity contribution in [1.29, 1.82) is 0 Å². The molecule has 0 bridgehead atoms.